The first-order valence-electron chi connectivity index (χ1n) is 9.72. The highest BCUT2D eigenvalue weighted by Crippen LogP contribution is 2.53. The smallest absolute Gasteiger partial charge is 0.402 e. The number of rotatable bonds is 7. The minimum absolute atomic E-state index is 0.104. The lowest BCUT2D eigenvalue weighted by atomic mass is 10.2. The van der Waals surface area contributed by atoms with Crippen LogP contribution < -0.4 is 0 Å². The van der Waals surface area contributed by atoms with E-state index in [2.05, 4.69) is 9.05 Å². The van der Waals surface area contributed by atoms with Crippen molar-refractivity contribution in [2.45, 2.75) is 13.7 Å². The monoisotopic (exact) mass is 368 g/mol. The van der Waals surface area contributed by atoms with Crippen LogP contribution in [0.3, 0.4) is 0 Å². The van der Waals surface area contributed by atoms with E-state index in [9.17, 15) is 4.57 Å². The van der Waals surface area contributed by atoms with Crippen molar-refractivity contribution in [2.24, 2.45) is 0 Å². The molecule has 0 atom stereocenters. The second kappa shape index (κ2) is 8.28. The van der Waals surface area contributed by atoms with Crippen molar-refractivity contribution in [1.29, 1.82) is 0 Å². The van der Waals surface area contributed by atoms with Gasteiger partial charge in [-0.25, -0.2) is 4.57 Å². The van der Waals surface area contributed by atoms with Gasteiger partial charge in [-0.2, -0.15) is 0 Å². The van der Waals surface area contributed by atoms with Crippen molar-refractivity contribution < 1.29 is 31.8 Å². The molecule has 0 amide bonds. The van der Waals surface area contributed by atoms with Crippen LogP contribution >= 0.6 is 42.6 Å². The first kappa shape index (κ1) is 7.87. The maximum absolute atomic E-state index is 13.0. The normalized spacial score (nSPS) is 22.6. The summed E-state index contributed by atoms with van der Waals surface area (Å²) in [5, 5.41) is 0.0736. The van der Waals surface area contributed by atoms with Crippen LogP contribution in [0.4, 0.5) is 0 Å². The Balaban J connectivity index is 3.47. The second-order valence-electron chi connectivity index (χ2n) is 3.02. The Morgan fingerprint density at radius 3 is 2.55 bits per heavy atom. The van der Waals surface area contributed by atoms with E-state index in [1.54, 1.807) is 0 Å². The van der Waals surface area contributed by atoms with E-state index in [1.807, 2.05) is 0 Å². The lowest BCUT2D eigenvalue weighted by Gasteiger charge is -2.19. The van der Waals surface area contributed by atoms with Crippen LogP contribution in [0.25, 0.3) is 5.76 Å². The van der Waals surface area contributed by atoms with Crippen molar-refractivity contribution in [3.05, 3.63) is 39.3 Å². The molecule has 0 N–H and O–H groups in total. The van der Waals surface area contributed by atoms with Crippen molar-refractivity contribution in [3.8, 4) is 0 Å². The van der Waals surface area contributed by atoms with Gasteiger partial charge in [0.2, 0.25) is 0 Å². The summed E-state index contributed by atoms with van der Waals surface area (Å²) in [5.41, 5.74) is 0.525. The van der Waals surface area contributed by atoms with Gasteiger partial charge in [-0.05, 0) is 31.9 Å². The third kappa shape index (κ3) is 4.96. The Labute approximate surface area is 147 Å². The average Bonchev–Trinajstić information content (AvgIpc) is 2.49. The number of hydrogen-bond acceptors (Lipinski definition) is 4. The Kier molecular flexibility index (Phi) is 3.26. The molecule has 0 spiro atoms. The van der Waals surface area contributed by atoms with Crippen molar-refractivity contribution in [2.75, 3.05) is 13.1 Å². The largest absolute Gasteiger partial charge is 0.530 e. The van der Waals surface area contributed by atoms with Gasteiger partial charge in [0.05, 0.1) is 23.6 Å². The molecule has 112 valence electrons. The molecule has 0 saturated carbocycles. The highest BCUT2D eigenvalue weighted by atomic mass is 35.5. The van der Waals surface area contributed by atoms with Gasteiger partial charge in [-0.3, -0.25) is 9.05 Å². The zero-order valence-corrected chi connectivity index (χ0v) is 12.7. The summed E-state index contributed by atoms with van der Waals surface area (Å²) in [5.74, 6) is -0.635. The summed E-state index contributed by atoms with van der Waals surface area (Å²) >= 11 is 17.4. The van der Waals surface area contributed by atoms with E-state index in [4.69, 9.17) is 53.0 Å². The van der Waals surface area contributed by atoms with Gasteiger partial charge in [0.1, 0.15) is 0 Å². The molecule has 0 aliphatic heterocycles. The molecule has 0 radical (unpaired) electrons. The molecule has 20 heavy (non-hydrogen) atoms. The SMILES string of the molecule is [2H]C([2H])([2H])C([2H])([2H])OP(=O)(O/C(=C/Cl)c1ccc(Cl)cc1Cl)OC([2H])([2H])C([2H])([2H])[2H]. The third-order valence-electron chi connectivity index (χ3n) is 1.82. The average molecular weight is 370 g/mol. The molecule has 0 fully saturated rings. The third-order valence-corrected chi connectivity index (χ3v) is 3.62. The van der Waals surface area contributed by atoms with Gasteiger partial charge in [0.15, 0.2) is 5.76 Å². The molecule has 0 heterocycles. The summed E-state index contributed by atoms with van der Waals surface area (Å²) in [4.78, 5) is 0. The van der Waals surface area contributed by atoms with E-state index < -0.39 is 40.4 Å². The lowest BCUT2D eigenvalue weighted by molar-refractivity contribution is 0.159. The van der Waals surface area contributed by atoms with E-state index in [0.717, 1.165) is 0 Å². The topological polar surface area (TPSA) is 44.8 Å². The molecule has 4 nitrogen and oxygen atoms in total. The van der Waals surface area contributed by atoms with Crippen LogP contribution in [0, 0.1) is 0 Å². The van der Waals surface area contributed by atoms with Crippen LogP contribution in [-0.4, -0.2) is 13.1 Å². The first-order chi connectivity index (χ1) is 13.2. The van der Waals surface area contributed by atoms with Crippen LogP contribution in [0.5, 0.6) is 0 Å². The van der Waals surface area contributed by atoms with Crippen molar-refractivity contribution in [3.63, 3.8) is 0 Å². The molecule has 0 aliphatic rings. The molecule has 0 unspecified atom stereocenters. The second-order valence-corrected chi connectivity index (χ2v) is 5.53. The summed E-state index contributed by atoms with van der Waals surface area (Å²) < 4.78 is 99.3. The standard InChI is InChI=1S/C12H14Cl3O4P/c1-3-17-20(16,18-4-2)19-12(8-13)10-6-5-9(14)7-11(10)15/h5-8H,3-4H2,1-2H3/b12-8+/i1D3,2D3,3D2,4D2. The predicted octanol–water partition coefficient (Wildman–Crippen LogP) is 5.73. The van der Waals surface area contributed by atoms with Gasteiger partial charge in [0, 0.05) is 24.3 Å². The first-order valence-corrected chi connectivity index (χ1v) is 7.37. The fraction of sp³-hybridized carbons (Fsp3) is 0.333. The lowest BCUT2D eigenvalue weighted by Crippen LogP contribution is -2.00. The minimum atomic E-state index is -5.64. The van der Waals surface area contributed by atoms with Crippen molar-refractivity contribution >= 4 is 48.4 Å². The molecule has 1 aromatic rings. The number of phosphoric acid groups is 1. The van der Waals surface area contributed by atoms with Crippen LogP contribution in [-0.2, 0) is 18.1 Å². The van der Waals surface area contributed by atoms with E-state index in [1.165, 1.54) is 18.2 Å². The van der Waals surface area contributed by atoms with Gasteiger partial charge >= 0.3 is 7.82 Å². The molecule has 0 bridgehead atoms. The Bertz CT molecular complexity index is 824. The molecule has 8 heteroatoms. The van der Waals surface area contributed by atoms with Gasteiger partial charge in [0.25, 0.3) is 0 Å². The van der Waals surface area contributed by atoms with Crippen LogP contribution in [0.2, 0.25) is 10.0 Å². The number of benzene rings is 1. The van der Waals surface area contributed by atoms with E-state index in [0.29, 0.717) is 5.54 Å². The molecular weight excluding hydrogens is 345 g/mol. The quantitative estimate of drug-likeness (QED) is 0.455. The number of hydrogen-bond donors (Lipinski definition) is 0. The molecular formula is C12H14Cl3O4P. The van der Waals surface area contributed by atoms with Gasteiger partial charge < -0.3 is 4.52 Å². The maximum atomic E-state index is 13.0. The van der Waals surface area contributed by atoms with E-state index >= 15 is 0 Å². The zero-order valence-electron chi connectivity index (χ0n) is 19.5. The summed E-state index contributed by atoms with van der Waals surface area (Å²) in [6.07, 6.45) is 0. The van der Waals surface area contributed by atoms with E-state index in [-0.39, 0.29) is 15.6 Å². The predicted molar refractivity (Wildman–Crippen MR) is 82.2 cm³/mol. The van der Waals surface area contributed by atoms with Gasteiger partial charge in [-0.15, -0.1) is 0 Å². The summed E-state index contributed by atoms with van der Waals surface area (Å²) in [7, 11) is -5.64. The zero-order chi connectivity index (χ0) is 23.8. The van der Waals surface area contributed by atoms with Gasteiger partial charge in [-0.1, -0.05) is 34.8 Å². The highest BCUT2D eigenvalue weighted by molar-refractivity contribution is 7.48. The molecule has 1 rings (SSSR count). The molecule has 0 saturated heterocycles. The highest BCUT2D eigenvalue weighted by Gasteiger charge is 2.29. The van der Waals surface area contributed by atoms with Crippen LogP contribution in [0.15, 0.2) is 23.7 Å². The fourth-order valence-corrected chi connectivity index (χ4v) is 2.56. The molecule has 0 aliphatic carbocycles. The number of phosphoric ester groups is 1. The van der Waals surface area contributed by atoms with Crippen LogP contribution in [0.1, 0.15) is 33.0 Å². The summed E-state index contributed by atoms with van der Waals surface area (Å²) in [6.45, 7) is -14.5. The number of halogens is 3. The minimum Gasteiger partial charge on any atom is -0.402 e. The molecule has 1 aromatic carbocycles. The maximum Gasteiger partial charge on any atom is 0.530 e. The Hall–Kier alpha value is -0.220. The fourth-order valence-electron chi connectivity index (χ4n) is 1.11. The molecule has 0 aromatic heterocycles. The Morgan fingerprint density at radius 1 is 1.40 bits per heavy atom. The summed E-state index contributed by atoms with van der Waals surface area (Å²) in [6, 6.07) is 3.75. The van der Waals surface area contributed by atoms with Crippen molar-refractivity contribution in [1.82, 2.24) is 0 Å². The Morgan fingerprint density at radius 2 is 2.05 bits per heavy atom.